The summed E-state index contributed by atoms with van der Waals surface area (Å²) < 4.78 is 0. The minimum atomic E-state index is -0.571. The zero-order valence-electron chi connectivity index (χ0n) is 11.1. The molecule has 20 heavy (non-hydrogen) atoms. The lowest BCUT2D eigenvalue weighted by Gasteiger charge is -2.12. The molecule has 1 aliphatic rings. The minimum Gasteiger partial charge on any atom is -0.352 e. The molecule has 1 unspecified atom stereocenters. The molecule has 6 heteroatoms. The number of amides is 2. The Morgan fingerprint density at radius 2 is 2.10 bits per heavy atom. The molecule has 1 aliphatic carbocycles. The number of hydrogen-bond donors (Lipinski definition) is 3. The number of aromatic nitrogens is 2. The number of hydrogen-bond acceptors (Lipinski definition) is 3. The summed E-state index contributed by atoms with van der Waals surface area (Å²) >= 11 is 0. The second kappa shape index (κ2) is 4.96. The lowest BCUT2D eigenvalue weighted by molar-refractivity contribution is -0.122. The highest BCUT2D eigenvalue weighted by Crippen LogP contribution is 2.18. The molecule has 1 heterocycles. The van der Waals surface area contributed by atoms with Crippen LogP contribution in [-0.2, 0) is 4.79 Å². The van der Waals surface area contributed by atoms with E-state index in [1.54, 1.807) is 6.92 Å². The van der Waals surface area contributed by atoms with Gasteiger partial charge in [-0.25, -0.2) is 0 Å². The highest BCUT2D eigenvalue weighted by Gasteiger charge is 2.27. The van der Waals surface area contributed by atoms with Crippen LogP contribution in [0.2, 0.25) is 0 Å². The van der Waals surface area contributed by atoms with Crippen LogP contribution in [0.3, 0.4) is 0 Å². The van der Waals surface area contributed by atoms with Crippen LogP contribution >= 0.6 is 0 Å². The molecule has 2 amide bonds. The van der Waals surface area contributed by atoms with Crippen molar-refractivity contribution in [3.63, 3.8) is 0 Å². The van der Waals surface area contributed by atoms with Gasteiger partial charge in [-0.1, -0.05) is 18.2 Å². The van der Waals surface area contributed by atoms with Gasteiger partial charge in [0.15, 0.2) is 5.69 Å². The van der Waals surface area contributed by atoms with Crippen molar-refractivity contribution < 1.29 is 9.59 Å². The van der Waals surface area contributed by atoms with Crippen LogP contribution < -0.4 is 10.6 Å². The van der Waals surface area contributed by atoms with Gasteiger partial charge in [-0.05, 0) is 25.8 Å². The first kappa shape index (κ1) is 12.7. The predicted octanol–water partition coefficient (Wildman–Crippen LogP) is 0.960. The maximum Gasteiger partial charge on any atom is 0.273 e. The van der Waals surface area contributed by atoms with Gasteiger partial charge < -0.3 is 10.6 Å². The molecule has 0 radical (unpaired) electrons. The summed E-state index contributed by atoms with van der Waals surface area (Å²) in [4.78, 5) is 24.0. The van der Waals surface area contributed by atoms with Crippen molar-refractivity contribution in [3.8, 4) is 0 Å². The van der Waals surface area contributed by atoms with E-state index in [4.69, 9.17) is 0 Å². The van der Waals surface area contributed by atoms with Gasteiger partial charge in [-0.15, -0.1) is 0 Å². The predicted molar refractivity (Wildman–Crippen MR) is 74.2 cm³/mol. The quantitative estimate of drug-likeness (QED) is 0.774. The number of carbonyl (C=O) groups excluding carboxylic acids is 2. The Morgan fingerprint density at radius 3 is 2.85 bits per heavy atom. The molecule has 0 bridgehead atoms. The Hall–Kier alpha value is -2.37. The highest BCUT2D eigenvalue weighted by molar-refractivity contribution is 6.05. The first-order valence-electron chi connectivity index (χ1n) is 6.69. The Labute approximate surface area is 115 Å². The maximum absolute atomic E-state index is 12.2. The number of nitrogens with one attached hydrogen (secondary N) is 3. The van der Waals surface area contributed by atoms with Gasteiger partial charge in [0.2, 0.25) is 5.91 Å². The van der Waals surface area contributed by atoms with Crippen LogP contribution in [0.25, 0.3) is 10.9 Å². The van der Waals surface area contributed by atoms with E-state index in [0.717, 1.165) is 23.7 Å². The lowest BCUT2D eigenvalue weighted by Crippen LogP contribution is -2.45. The number of aromatic amines is 1. The molecule has 1 saturated carbocycles. The fourth-order valence-corrected chi connectivity index (χ4v) is 2.02. The summed E-state index contributed by atoms with van der Waals surface area (Å²) in [5.74, 6) is -0.499. The molecule has 1 aromatic carbocycles. The second-order valence-corrected chi connectivity index (χ2v) is 5.10. The molecule has 2 aromatic rings. The third-order valence-electron chi connectivity index (χ3n) is 3.35. The van der Waals surface area contributed by atoms with Crippen molar-refractivity contribution in [2.75, 3.05) is 0 Å². The van der Waals surface area contributed by atoms with Crippen LogP contribution in [0.1, 0.15) is 30.3 Å². The molecule has 0 spiro atoms. The van der Waals surface area contributed by atoms with Crippen LogP contribution in [0.4, 0.5) is 0 Å². The first-order valence-corrected chi connectivity index (χ1v) is 6.69. The average molecular weight is 272 g/mol. The van der Waals surface area contributed by atoms with E-state index in [2.05, 4.69) is 20.8 Å². The summed E-state index contributed by atoms with van der Waals surface area (Å²) in [6.07, 6.45) is 2.05. The Kier molecular flexibility index (Phi) is 3.14. The van der Waals surface area contributed by atoms with Crippen molar-refractivity contribution in [2.45, 2.75) is 31.8 Å². The van der Waals surface area contributed by atoms with Gasteiger partial charge in [-0.3, -0.25) is 14.7 Å². The third kappa shape index (κ3) is 2.49. The summed E-state index contributed by atoms with van der Waals surface area (Å²) in [5, 5.41) is 13.1. The summed E-state index contributed by atoms with van der Waals surface area (Å²) in [6, 6.07) is 7.10. The minimum absolute atomic E-state index is 0.152. The Balaban J connectivity index is 1.70. The molecule has 1 fully saturated rings. The molecule has 1 aromatic heterocycles. The van der Waals surface area contributed by atoms with E-state index in [1.165, 1.54) is 0 Å². The van der Waals surface area contributed by atoms with Crippen molar-refractivity contribution in [1.29, 1.82) is 0 Å². The van der Waals surface area contributed by atoms with Gasteiger partial charge in [0, 0.05) is 11.4 Å². The fourth-order valence-electron chi connectivity index (χ4n) is 2.02. The number of rotatable bonds is 4. The van der Waals surface area contributed by atoms with Gasteiger partial charge >= 0.3 is 0 Å². The molecular weight excluding hydrogens is 256 g/mol. The first-order chi connectivity index (χ1) is 9.65. The summed E-state index contributed by atoms with van der Waals surface area (Å²) in [5.41, 5.74) is 1.11. The standard InChI is InChI=1S/C14H16N4O2/c1-8(13(19)16-9-6-7-9)15-14(20)12-10-4-2-3-5-11(10)17-18-12/h2-5,8-9H,6-7H2,1H3,(H,15,20)(H,16,19)(H,17,18). The number of benzene rings is 1. The largest absolute Gasteiger partial charge is 0.352 e. The number of fused-ring (bicyclic) bond motifs is 1. The lowest BCUT2D eigenvalue weighted by atomic mass is 10.2. The van der Waals surface area contributed by atoms with E-state index >= 15 is 0 Å². The SMILES string of the molecule is CC(NC(=O)c1n[nH]c2ccccc12)C(=O)NC1CC1. The van der Waals surface area contributed by atoms with Crippen molar-refractivity contribution >= 4 is 22.7 Å². The molecule has 104 valence electrons. The van der Waals surface area contributed by atoms with Gasteiger partial charge in [0.25, 0.3) is 5.91 Å². The number of carbonyl (C=O) groups is 2. The molecule has 0 saturated heterocycles. The topological polar surface area (TPSA) is 86.9 Å². The molecule has 3 rings (SSSR count). The molecule has 3 N–H and O–H groups in total. The smallest absolute Gasteiger partial charge is 0.273 e. The molecule has 0 aliphatic heterocycles. The van der Waals surface area contributed by atoms with Gasteiger partial charge in [-0.2, -0.15) is 5.10 Å². The maximum atomic E-state index is 12.2. The van der Waals surface area contributed by atoms with Crippen LogP contribution in [-0.4, -0.2) is 34.1 Å². The molecule has 6 nitrogen and oxygen atoms in total. The number of para-hydroxylation sites is 1. The third-order valence-corrected chi connectivity index (χ3v) is 3.35. The zero-order chi connectivity index (χ0) is 14.1. The number of H-pyrrole nitrogens is 1. The van der Waals surface area contributed by atoms with Crippen molar-refractivity contribution in [3.05, 3.63) is 30.0 Å². The van der Waals surface area contributed by atoms with Crippen molar-refractivity contribution in [1.82, 2.24) is 20.8 Å². The zero-order valence-corrected chi connectivity index (χ0v) is 11.1. The van der Waals surface area contributed by atoms with E-state index in [1.807, 2.05) is 24.3 Å². The van der Waals surface area contributed by atoms with Gasteiger partial charge in [0.05, 0.1) is 5.52 Å². The van der Waals surface area contributed by atoms with E-state index in [-0.39, 0.29) is 17.9 Å². The average Bonchev–Trinajstić information content (AvgIpc) is 3.14. The Bertz CT molecular complexity index is 660. The van der Waals surface area contributed by atoms with E-state index < -0.39 is 6.04 Å². The number of nitrogens with zero attached hydrogens (tertiary/aromatic N) is 1. The van der Waals surface area contributed by atoms with Crippen molar-refractivity contribution in [2.24, 2.45) is 0 Å². The summed E-state index contributed by atoms with van der Waals surface area (Å²) in [7, 11) is 0. The molecular formula is C14H16N4O2. The van der Waals surface area contributed by atoms with Gasteiger partial charge in [0.1, 0.15) is 6.04 Å². The normalized spacial score (nSPS) is 15.8. The monoisotopic (exact) mass is 272 g/mol. The summed E-state index contributed by atoms with van der Waals surface area (Å²) in [6.45, 7) is 1.67. The highest BCUT2D eigenvalue weighted by atomic mass is 16.2. The fraction of sp³-hybridized carbons (Fsp3) is 0.357. The van der Waals surface area contributed by atoms with E-state index in [0.29, 0.717) is 5.69 Å². The van der Waals surface area contributed by atoms with Crippen LogP contribution in [0.5, 0.6) is 0 Å². The van der Waals surface area contributed by atoms with Crippen LogP contribution in [0.15, 0.2) is 24.3 Å². The Morgan fingerprint density at radius 1 is 1.35 bits per heavy atom. The van der Waals surface area contributed by atoms with E-state index in [9.17, 15) is 9.59 Å². The second-order valence-electron chi connectivity index (χ2n) is 5.10. The van der Waals surface area contributed by atoms with Crippen LogP contribution in [0, 0.1) is 0 Å². The molecule has 1 atom stereocenters.